The van der Waals surface area contributed by atoms with Gasteiger partial charge in [-0.2, -0.15) is 26.3 Å². The van der Waals surface area contributed by atoms with Crippen LogP contribution in [-0.2, 0) is 20.7 Å². The van der Waals surface area contributed by atoms with Crippen LogP contribution in [0, 0.1) is 17.3 Å². The Morgan fingerprint density at radius 3 is 2.48 bits per heavy atom. The summed E-state index contributed by atoms with van der Waals surface area (Å²) in [5.74, 6) is 4.43. The van der Waals surface area contributed by atoms with Crippen molar-refractivity contribution in [3.63, 3.8) is 0 Å². The molecule has 52 heavy (non-hydrogen) atoms. The number of aryl methyl sites for hydroxylation is 1. The Kier molecular flexibility index (Phi) is 14.5. The summed E-state index contributed by atoms with van der Waals surface area (Å²) in [5, 5.41) is 3.06. The number of nitrogens with one attached hydrogen (secondary N) is 1. The number of nitrogens with zero attached hydrogens (tertiary/aromatic N) is 1. The standard InChI is InChI=1S/C38H56F6N2O4S2/c1-4-5-6-18-46(27-15-22-51-52-25-27)24-34(47)45-17-21-48-28-9-11-29-26(23-28)8-10-31-30(29)14-16-35(2)32(31)12-13-33(35)49-19-7-20-50-36(3,37(39,40)41)38(42,43)44/h9,11,23,27,30-33H,4-8,10,12-22,24-25H2,1-3H3,(H,45,47). The SMILES string of the molecule is CCCCCN(CC(=O)NCCOc1ccc2c(c1)CCC1C2CCC2(C)C(OCCCOC(C)(C(F)(F)F)C(F)(F)F)CCC12)C1CCSSC1. The van der Waals surface area contributed by atoms with Gasteiger partial charge in [0.1, 0.15) is 12.4 Å². The van der Waals surface area contributed by atoms with Crippen molar-refractivity contribution >= 4 is 27.5 Å². The summed E-state index contributed by atoms with van der Waals surface area (Å²) in [6.45, 7) is 6.09. The molecule has 6 unspecified atom stereocenters. The fraction of sp³-hybridized carbons (Fsp3) is 0.816. The minimum absolute atomic E-state index is 0.0352. The third-order valence-electron chi connectivity index (χ3n) is 12.2. The van der Waals surface area contributed by atoms with Crippen LogP contribution < -0.4 is 10.1 Å². The molecular formula is C38H56F6N2O4S2. The molecule has 0 spiro atoms. The number of rotatable bonds is 17. The zero-order chi connectivity index (χ0) is 37.6. The van der Waals surface area contributed by atoms with Crippen LogP contribution in [0.15, 0.2) is 18.2 Å². The largest absolute Gasteiger partial charge is 0.492 e. The molecule has 6 atom stereocenters. The Labute approximate surface area is 313 Å². The van der Waals surface area contributed by atoms with Crippen LogP contribution >= 0.6 is 21.6 Å². The normalized spacial score (nSPS) is 27.9. The second-order valence-corrected chi connectivity index (χ2v) is 18.0. The second kappa shape index (κ2) is 18.1. The summed E-state index contributed by atoms with van der Waals surface area (Å²) in [4.78, 5) is 15.2. The molecule has 1 heterocycles. The van der Waals surface area contributed by atoms with E-state index in [0.29, 0.717) is 43.5 Å². The van der Waals surface area contributed by atoms with Gasteiger partial charge in [0.2, 0.25) is 5.91 Å². The quantitative estimate of drug-likeness (QED) is 0.0961. The maximum Gasteiger partial charge on any atom is 0.426 e. The van der Waals surface area contributed by atoms with Crippen LogP contribution in [-0.4, -0.2) is 91.9 Å². The number of benzene rings is 1. The van der Waals surface area contributed by atoms with Crippen molar-refractivity contribution in [2.45, 2.75) is 127 Å². The molecule has 1 aromatic rings. The summed E-state index contributed by atoms with van der Waals surface area (Å²) < 4.78 is 95.5. The summed E-state index contributed by atoms with van der Waals surface area (Å²) in [7, 11) is 3.83. The van der Waals surface area contributed by atoms with Crippen LogP contribution in [0.3, 0.4) is 0 Å². The van der Waals surface area contributed by atoms with E-state index in [1.165, 1.54) is 17.5 Å². The Balaban J connectivity index is 1.06. The number of ether oxygens (including phenoxy) is 3. The summed E-state index contributed by atoms with van der Waals surface area (Å²) in [6, 6.07) is 6.85. The molecule has 3 aliphatic carbocycles. The van der Waals surface area contributed by atoms with E-state index in [9.17, 15) is 31.1 Å². The maximum absolute atomic E-state index is 13.1. The van der Waals surface area contributed by atoms with E-state index in [4.69, 9.17) is 9.47 Å². The molecule has 6 nitrogen and oxygen atoms in total. The fourth-order valence-corrected chi connectivity index (χ4v) is 11.6. The van der Waals surface area contributed by atoms with Gasteiger partial charge in [-0.05, 0) is 118 Å². The van der Waals surface area contributed by atoms with Crippen molar-refractivity contribution in [2.24, 2.45) is 17.3 Å². The molecule has 14 heteroatoms. The van der Waals surface area contributed by atoms with Gasteiger partial charge in [0.15, 0.2) is 0 Å². The number of carbonyl (C=O) groups excluding carboxylic acids is 1. The van der Waals surface area contributed by atoms with Crippen LogP contribution in [0.2, 0.25) is 0 Å². The van der Waals surface area contributed by atoms with Gasteiger partial charge < -0.3 is 19.5 Å². The second-order valence-electron chi connectivity index (χ2n) is 15.4. The molecule has 1 aromatic carbocycles. The van der Waals surface area contributed by atoms with E-state index < -0.39 is 24.6 Å². The molecule has 1 amide bonds. The number of carbonyl (C=O) groups is 1. The molecule has 3 fully saturated rings. The highest BCUT2D eigenvalue weighted by molar-refractivity contribution is 8.76. The Morgan fingerprint density at radius 2 is 1.77 bits per heavy atom. The summed E-state index contributed by atoms with van der Waals surface area (Å²) in [5.41, 5.74) is -1.60. The van der Waals surface area contributed by atoms with Crippen molar-refractivity contribution in [3.8, 4) is 5.75 Å². The topological polar surface area (TPSA) is 60.0 Å². The van der Waals surface area contributed by atoms with E-state index in [2.05, 4.69) is 40.9 Å². The lowest BCUT2D eigenvalue weighted by Gasteiger charge is -2.50. The van der Waals surface area contributed by atoms with E-state index in [1.807, 2.05) is 27.7 Å². The zero-order valence-electron chi connectivity index (χ0n) is 30.7. The number of amides is 1. The van der Waals surface area contributed by atoms with Crippen LogP contribution in [0.5, 0.6) is 5.75 Å². The average Bonchev–Trinajstić information content (AvgIpc) is 3.44. The van der Waals surface area contributed by atoms with Crippen molar-refractivity contribution < 1.29 is 45.3 Å². The minimum atomic E-state index is -5.56. The van der Waals surface area contributed by atoms with Crippen molar-refractivity contribution in [2.75, 3.05) is 51.0 Å². The predicted octanol–water partition coefficient (Wildman–Crippen LogP) is 9.36. The number of hydrogen-bond acceptors (Lipinski definition) is 7. The summed E-state index contributed by atoms with van der Waals surface area (Å²) in [6.07, 6.45) is -0.889. The minimum Gasteiger partial charge on any atom is -0.492 e. The molecule has 0 bridgehead atoms. The molecule has 1 N–H and O–H groups in total. The predicted molar refractivity (Wildman–Crippen MR) is 195 cm³/mol. The molecular weight excluding hydrogens is 727 g/mol. The van der Waals surface area contributed by atoms with Gasteiger partial charge in [0, 0.05) is 24.2 Å². The lowest BCUT2D eigenvalue weighted by Crippen LogP contribution is -2.56. The molecule has 5 rings (SSSR count). The molecule has 296 valence electrons. The van der Waals surface area contributed by atoms with E-state index in [-0.39, 0.29) is 37.4 Å². The van der Waals surface area contributed by atoms with E-state index in [1.54, 1.807) is 0 Å². The summed E-state index contributed by atoms with van der Waals surface area (Å²) >= 11 is 0. The fourth-order valence-electron chi connectivity index (χ4n) is 9.06. The first-order valence-corrected chi connectivity index (χ1v) is 21.6. The van der Waals surface area contributed by atoms with Crippen LogP contribution in [0.4, 0.5) is 26.3 Å². The van der Waals surface area contributed by atoms with Crippen LogP contribution in [0.1, 0.15) is 102 Å². The first kappa shape index (κ1) is 41.8. The lowest BCUT2D eigenvalue weighted by atomic mass is 9.55. The lowest BCUT2D eigenvalue weighted by molar-refractivity contribution is -0.374. The Bertz CT molecular complexity index is 1300. The number of fused-ring (bicyclic) bond motifs is 5. The number of halogens is 6. The number of alkyl halides is 6. The third-order valence-corrected chi connectivity index (χ3v) is 14.7. The van der Waals surface area contributed by atoms with Gasteiger partial charge in [0.25, 0.3) is 5.60 Å². The van der Waals surface area contributed by atoms with Crippen molar-refractivity contribution in [1.29, 1.82) is 0 Å². The van der Waals surface area contributed by atoms with E-state index >= 15 is 0 Å². The third kappa shape index (κ3) is 9.71. The van der Waals surface area contributed by atoms with Crippen molar-refractivity contribution in [1.82, 2.24) is 10.2 Å². The Morgan fingerprint density at radius 1 is 0.981 bits per heavy atom. The smallest absolute Gasteiger partial charge is 0.426 e. The zero-order valence-corrected chi connectivity index (χ0v) is 32.4. The highest BCUT2D eigenvalue weighted by Crippen LogP contribution is 2.61. The average molecular weight is 783 g/mol. The van der Waals surface area contributed by atoms with Crippen molar-refractivity contribution in [3.05, 3.63) is 29.3 Å². The number of unbranched alkanes of at least 4 members (excludes halogenated alkanes) is 2. The van der Waals surface area contributed by atoms with Gasteiger partial charge in [-0.15, -0.1) is 0 Å². The molecule has 0 aromatic heterocycles. The highest BCUT2D eigenvalue weighted by atomic mass is 33.1. The maximum atomic E-state index is 13.1. The molecule has 1 saturated heterocycles. The van der Waals surface area contributed by atoms with E-state index in [0.717, 1.165) is 81.6 Å². The molecule has 1 aliphatic heterocycles. The highest BCUT2D eigenvalue weighted by Gasteiger charge is 2.69. The van der Waals surface area contributed by atoms with Gasteiger partial charge in [-0.3, -0.25) is 9.69 Å². The molecule has 0 radical (unpaired) electrons. The monoisotopic (exact) mass is 782 g/mol. The van der Waals surface area contributed by atoms with Gasteiger partial charge in [-0.25, -0.2) is 0 Å². The van der Waals surface area contributed by atoms with Gasteiger partial charge >= 0.3 is 12.4 Å². The van der Waals surface area contributed by atoms with Crippen LogP contribution in [0.25, 0.3) is 0 Å². The first-order chi connectivity index (χ1) is 24.7. The molecule has 4 aliphatic rings. The molecule has 2 saturated carbocycles. The Hall–Kier alpha value is -1.35. The van der Waals surface area contributed by atoms with Gasteiger partial charge in [-0.1, -0.05) is 54.3 Å². The van der Waals surface area contributed by atoms with Gasteiger partial charge in [0.05, 0.1) is 25.8 Å². The first-order valence-electron chi connectivity index (χ1n) is 19.1. The number of hydrogen-bond donors (Lipinski definition) is 1.